The minimum atomic E-state index is -4.63. The van der Waals surface area contributed by atoms with Crippen LogP contribution in [0.4, 0.5) is 29.7 Å². The van der Waals surface area contributed by atoms with Gasteiger partial charge in [0.2, 0.25) is 5.88 Å². The number of aliphatic hydroxyl groups is 1. The number of alkyl halides is 3. The van der Waals surface area contributed by atoms with Gasteiger partial charge in [-0.05, 0) is 43.8 Å². The highest BCUT2D eigenvalue weighted by molar-refractivity contribution is 7.10. The Balaban J connectivity index is 1.32. The Morgan fingerprint density at radius 2 is 2.08 bits per heavy atom. The van der Waals surface area contributed by atoms with E-state index in [1.807, 2.05) is 0 Å². The number of hydrogen-bond acceptors (Lipinski definition) is 11. The second-order valence-corrected chi connectivity index (χ2v) is 8.64. The first-order valence-corrected chi connectivity index (χ1v) is 12.0. The van der Waals surface area contributed by atoms with E-state index in [1.165, 1.54) is 6.20 Å². The van der Waals surface area contributed by atoms with Crippen LogP contribution in [0.5, 0.6) is 5.88 Å². The molecular weight excluding hydrogens is 501 g/mol. The molecule has 0 aromatic carbocycles. The number of halogens is 3. The summed E-state index contributed by atoms with van der Waals surface area (Å²) < 4.78 is 59.7. The van der Waals surface area contributed by atoms with Crippen molar-refractivity contribution in [1.29, 1.82) is 0 Å². The maximum atomic E-state index is 12.9. The van der Waals surface area contributed by atoms with Gasteiger partial charge in [-0.3, -0.25) is 4.98 Å². The van der Waals surface area contributed by atoms with Crippen LogP contribution >= 0.6 is 11.5 Å². The second kappa shape index (κ2) is 11.8. The summed E-state index contributed by atoms with van der Waals surface area (Å²) in [5, 5.41) is 16.7. The maximum Gasteiger partial charge on any atom is 0.434 e. The standard InChI is InChI=1S/C22H25F3N6O4S/c1-13-19(21(36-31-13)30-16-12-26-11-15(29-16)22(23,24)25)20(32)28-14-5-6-17(27-10-14)33-8-9-35-18-4-2-3-7-34-18/h5-6,10-12,18,20,28,32H,2-4,7-9H2,1H3,(H,29,30). The number of hydrogen-bond donors (Lipinski definition) is 3. The van der Waals surface area contributed by atoms with Gasteiger partial charge >= 0.3 is 6.18 Å². The SMILES string of the molecule is Cc1nsc(Nc2cncc(C(F)(F)F)n2)c1C(O)Nc1ccc(OCCOC2CCCCO2)nc1. The molecule has 1 saturated heterocycles. The molecular formula is C22H25F3N6O4S. The van der Waals surface area contributed by atoms with Gasteiger partial charge in [0.1, 0.15) is 17.4 Å². The predicted molar refractivity (Wildman–Crippen MR) is 125 cm³/mol. The van der Waals surface area contributed by atoms with Crippen molar-refractivity contribution in [3.8, 4) is 5.88 Å². The lowest BCUT2D eigenvalue weighted by atomic mass is 10.2. The Kier molecular flexibility index (Phi) is 8.51. The number of rotatable bonds is 10. The summed E-state index contributed by atoms with van der Waals surface area (Å²) in [6.07, 6.45) is 0.280. The van der Waals surface area contributed by atoms with Gasteiger partial charge in [0, 0.05) is 12.7 Å². The topological polar surface area (TPSA) is 124 Å². The molecule has 1 fully saturated rings. The zero-order valence-electron chi connectivity index (χ0n) is 19.3. The molecule has 0 bridgehead atoms. The summed E-state index contributed by atoms with van der Waals surface area (Å²) in [5.41, 5.74) is 0.229. The van der Waals surface area contributed by atoms with E-state index in [0.717, 1.165) is 37.0 Å². The highest BCUT2D eigenvalue weighted by Crippen LogP contribution is 2.34. The largest absolute Gasteiger partial charge is 0.475 e. The summed E-state index contributed by atoms with van der Waals surface area (Å²) in [6, 6.07) is 3.32. The van der Waals surface area contributed by atoms with Crippen LogP contribution in [0.25, 0.3) is 0 Å². The van der Waals surface area contributed by atoms with Crippen molar-refractivity contribution in [3.63, 3.8) is 0 Å². The van der Waals surface area contributed by atoms with Crippen LogP contribution in [-0.2, 0) is 15.7 Å². The summed E-state index contributed by atoms with van der Waals surface area (Å²) in [4.78, 5) is 11.3. The molecule has 1 aliphatic rings. The quantitative estimate of drug-likeness (QED) is 0.258. The van der Waals surface area contributed by atoms with Crippen molar-refractivity contribution < 1.29 is 32.5 Å². The molecule has 3 N–H and O–H groups in total. The highest BCUT2D eigenvalue weighted by atomic mass is 32.1. The predicted octanol–water partition coefficient (Wildman–Crippen LogP) is 4.42. The van der Waals surface area contributed by atoms with Gasteiger partial charge < -0.3 is 30.0 Å². The van der Waals surface area contributed by atoms with E-state index in [1.54, 1.807) is 19.1 Å². The molecule has 2 atom stereocenters. The van der Waals surface area contributed by atoms with Gasteiger partial charge in [-0.2, -0.15) is 17.5 Å². The third-order valence-electron chi connectivity index (χ3n) is 5.16. The normalized spacial score (nSPS) is 17.0. The van der Waals surface area contributed by atoms with Crippen molar-refractivity contribution in [3.05, 3.63) is 47.7 Å². The Hall–Kier alpha value is -3.07. The molecule has 4 rings (SSSR count). The smallest absolute Gasteiger partial charge is 0.434 e. The van der Waals surface area contributed by atoms with Crippen molar-refractivity contribution in [1.82, 2.24) is 19.3 Å². The van der Waals surface area contributed by atoms with E-state index in [-0.39, 0.29) is 12.1 Å². The number of aromatic nitrogens is 4. The molecule has 14 heteroatoms. The number of aliphatic hydroxyl groups excluding tert-OH is 1. The summed E-state index contributed by atoms with van der Waals surface area (Å²) in [6.45, 7) is 3.08. The van der Waals surface area contributed by atoms with Crippen molar-refractivity contribution in [2.75, 3.05) is 30.5 Å². The zero-order valence-corrected chi connectivity index (χ0v) is 20.1. The van der Waals surface area contributed by atoms with Crippen LogP contribution in [0.2, 0.25) is 0 Å². The first-order valence-electron chi connectivity index (χ1n) is 11.2. The average Bonchev–Trinajstić information content (AvgIpc) is 3.23. The van der Waals surface area contributed by atoms with Gasteiger partial charge in [0.05, 0.1) is 42.1 Å². The fraction of sp³-hybridized carbons (Fsp3) is 0.455. The Labute approximate surface area is 209 Å². The molecule has 1 aliphatic heterocycles. The first kappa shape index (κ1) is 26.0. The van der Waals surface area contributed by atoms with E-state index in [4.69, 9.17) is 14.2 Å². The zero-order chi connectivity index (χ0) is 25.5. The molecule has 4 heterocycles. The molecule has 194 valence electrons. The number of ether oxygens (including phenoxy) is 3. The highest BCUT2D eigenvalue weighted by Gasteiger charge is 2.33. The molecule has 3 aromatic rings. The Morgan fingerprint density at radius 1 is 1.22 bits per heavy atom. The van der Waals surface area contributed by atoms with Crippen LogP contribution in [-0.4, -0.2) is 50.5 Å². The third-order valence-corrected chi connectivity index (χ3v) is 6.03. The second-order valence-electron chi connectivity index (χ2n) is 7.87. The maximum absolute atomic E-state index is 12.9. The van der Waals surface area contributed by atoms with Crippen molar-refractivity contribution >= 4 is 28.0 Å². The Bertz CT molecular complexity index is 1130. The van der Waals surface area contributed by atoms with Gasteiger partial charge in [0.15, 0.2) is 18.2 Å². The van der Waals surface area contributed by atoms with Crippen LogP contribution in [0.1, 0.15) is 42.4 Å². The number of nitrogens with zero attached hydrogens (tertiary/aromatic N) is 4. The summed E-state index contributed by atoms with van der Waals surface area (Å²) in [7, 11) is 0. The van der Waals surface area contributed by atoms with Crippen LogP contribution < -0.4 is 15.4 Å². The summed E-state index contributed by atoms with van der Waals surface area (Å²) in [5.74, 6) is 0.270. The molecule has 0 aliphatic carbocycles. The average molecular weight is 527 g/mol. The lowest BCUT2D eigenvalue weighted by Gasteiger charge is -2.22. The molecule has 0 amide bonds. The van der Waals surface area contributed by atoms with Gasteiger partial charge in [0.25, 0.3) is 0 Å². The first-order chi connectivity index (χ1) is 17.3. The molecule has 0 radical (unpaired) electrons. The monoisotopic (exact) mass is 526 g/mol. The van der Waals surface area contributed by atoms with Crippen molar-refractivity contribution in [2.24, 2.45) is 0 Å². The van der Waals surface area contributed by atoms with E-state index in [0.29, 0.717) is 53.8 Å². The van der Waals surface area contributed by atoms with Gasteiger partial charge in [-0.1, -0.05) is 0 Å². The molecule has 0 spiro atoms. The Morgan fingerprint density at radius 3 is 2.81 bits per heavy atom. The third kappa shape index (κ3) is 7.00. The van der Waals surface area contributed by atoms with E-state index in [2.05, 4.69) is 30.0 Å². The van der Waals surface area contributed by atoms with E-state index < -0.39 is 18.1 Å². The summed E-state index contributed by atoms with van der Waals surface area (Å²) >= 11 is 0.981. The van der Waals surface area contributed by atoms with Crippen LogP contribution in [0.3, 0.4) is 0 Å². The van der Waals surface area contributed by atoms with E-state index in [9.17, 15) is 18.3 Å². The van der Waals surface area contributed by atoms with Gasteiger partial charge in [-0.15, -0.1) is 0 Å². The van der Waals surface area contributed by atoms with Crippen LogP contribution in [0, 0.1) is 6.92 Å². The minimum absolute atomic E-state index is 0.121. The molecule has 2 unspecified atom stereocenters. The number of aryl methyl sites for hydroxylation is 1. The number of nitrogens with one attached hydrogen (secondary N) is 2. The van der Waals surface area contributed by atoms with Crippen LogP contribution in [0.15, 0.2) is 30.7 Å². The minimum Gasteiger partial charge on any atom is -0.475 e. The molecule has 3 aromatic heterocycles. The molecule has 0 saturated carbocycles. The molecule has 36 heavy (non-hydrogen) atoms. The fourth-order valence-electron chi connectivity index (χ4n) is 3.42. The molecule has 10 nitrogen and oxygen atoms in total. The van der Waals surface area contributed by atoms with Crippen molar-refractivity contribution in [2.45, 2.75) is 44.9 Å². The lowest BCUT2D eigenvalue weighted by molar-refractivity contribution is -0.165. The number of anilines is 3. The fourth-order valence-corrected chi connectivity index (χ4v) is 4.25. The van der Waals surface area contributed by atoms with E-state index >= 15 is 0 Å². The van der Waals surface area contributed by atoms with Gasteiger partial charge in [-0.25, -0.2) is 9.97 Å². The lowest BCUT2D eigenvalue weighted by Crippen LogP contribution is -2.24. The number of pyridine rings is 1.